The predicted molar refractivity (Wildman–Crippen MR) is 95.1 cm³/mol. The van der Waals surface area contributed by atoms with Gasteiger partial charge in [0.1, 0.15) is 5.75 Å². The Morgan fingerprint density at radius 2 is 1.78 bits per heavy atom. The molecule has 142 valence electrons. The first kappa shape index (κ1) is 18.8. The van der Waals surface area contributed by atoms with Crippen LogP contribution in [0.25, 0.3) is 0 Å². The van der Waals surface area contributed by atoms with Crippen molar-refractivity contribution in [1.82, 2.24) is 0 Å². The number of hydrogen-bond donors (Lipinski definition) is 1. The molecule has 27 heavy (non-hydrogen) atoms. The number of rotatable bonds is 6. The Hall–Kier alpha value is -2.96. The second-order valence-corrected chi connectivity index (χ2v) is 6.19. The average molecular weight is 375 g/mol. The van der Waals surface area contributed by atoms with Crippen molar-refractivity contribution in [2.24, 2.45) is 0 Å². The summed E-state index contributed by atoms with van der Waals surface area (Å²) in [5.74, 6) is -1.41. The minimum Gasteiger partial charge on any atom is -0.452 e. The molecule has 1 amide bonds. The number of nitrogens with one attached hydrogen (secondary N) is 1. The van der Waals surface area contributed by atoms with E-state index in [-0.39, 0.29) is 11.4 Å². The van der Waals surface area contributed by atoms with Crippen LogP contribution in [0.5, 0.6) is 5.75 Å². The first-order valence-corrected chi connectivity index (χ1v) is 8.65. The van der Waals surface area contributed by atoms with E-state index in [0.717, 1.165) is 31.2 Å². The average Bonchev–Trinajstić information content (AvgIpc) is 2.67. The topological polar surface area (TPSA) is 64.6 Å². The fourth-order valence-electron chi connectivity index (χ4n) is 3.03. The SMILES string of the molecule is O=C(COC(=O)c1ccc2c(c1)CCCC2)Nc1ccccc1OC(F)F. The molecular weight excluding hydrogens is 356 g/mol. The smallest absolute Gasteiger partial charge is 0.387 e. The molecule has 7 heteroatoms. The van der Waals surface area contributed by atoms with Crippen LogP contribution in [0.15, 0.2) is 42.5 Å². The second-order valence-electron chi connectivity index (χ2n) is 6.19. The third kappa shape index (κ3) is 5.03. The lowest BCUT2D eigenvalue weighted by atomic mass is 9.90. The maximum absolute atomic E-state index is 12.4. The Kier molecular flexibility index (Phi) is 6.01. The van der Waals surface area contributed by atoms with Gasteiger partial charge in [0.25, 0.3) is 5.91 Å². The maximum Gasteiger partial charge on any atom is 0.387 e. The number of hydrogen-bond acceptors (Lipinski definition) is 4. The lowest BCUT2D eigenvalue weighted by Crippen LogP contribution is -2.21. The third-order valence-electron chi connectivity index (χ3n) is 4.30. The molecule has 0 spiro atoms. The van der Waals surface area contributed by atoms with Crippen molar-refractivity contribution < 1.29 is 27.8 Å². The van der Waals surface area contributed by atoms with Crippen molar-refractivity contribution in [2.75, 3.05) is 11.9 Å². The number of carbonyl (C=O) groups is 2. The molecular formula is C20H19F2NO4. The summed E-state index contributed by atoms with van der Waals surface area (Å²) in [6, 6.07) is 11.2. The highest BCUT2D eigenvalue weighted by atomic mass is 19.3. The number of anilines is 1. The van der Waals surface area contributed by atoms with Crippen LogP contribution in [0.1, 0.15) is 34.3 Å². The third-order valence-corrected chi connectivity index (χ3v) is 4.30. The first-order chi connectivity index (χ1) is 13.0. The highest BCUT2D eigenvalue weighted by Gasteiger charge is 2.16. The van der Waals surface area contributed by atoms with Crippen molar-refractivity contribution in [1.29, 1.82) is 0 Å². The summed E-state index contributed by atoms with van der Waals surface area (Å²) in [7, 11) is 0. The van der Waals surface area contributed by atoms with Gasteiger partial charge in [-0.2, -0.15) is 8.78 Å². The highest BCUT2D eigenvalue weighted by molar-refractivity contribution is 5.96. The molecule has 0 radical (unpaired) electrons. The molecule has 5 nitrogen and oxygen atoms in total. The van der Waals surface area contributed by atoms with Crippen LogP contribution < -0.4 is 10.1 Å². The zero-order chi connectivity index (χ0) is 19.2. The number of ether oxygens (including phenoxy) is 2. The molecule has 1 N–H and O–H groups in total. The molecule has 0 unspecified atom stereocenters. The van der Waals surface area contributed by atoms with Gasteiger partial charge in [-0.3, -0.25) is 4.79 Å². The number of fused-ring (bicyclic) bond motifs is 1. The molecule has 0 saturated heterocycles. The minimum atomic E-state index is -3.01. The maximum atomic E-state index is 12.4. The van der Waals surface area contributed by atoms with Crippen LogP contribution in [-0.4, -0.2) is 25.1 Å². The number of esters is 1. The van der Waals surface area contributed by atoms with Crippen molar-refractivity contribution in [2.45, 2.75) is 32.3 Å². The van der Waals surface area contributed by atoms with Crippen molar-refractivity contribution in [3.63, 3.8) is 0 Å². The van der Waals surface area contributed by atoms with E-state index in [2.05, 4.69) is 10.1 Å². The zero-order valence-corrected chi connectivity index (χ0v) is 14.5. The van der Waals surface area contributed by atoms with Gasteiger partial charge in [-0.1, -0.05) is 18.2 Å². The minimum absolute atomic E-state index is 0.0765. The van der Waals surface area contributed by atoms with Gasteiger partial charge < -0.3 is 14.8 Å². The first-order valence-electron chi connectivity index (χ1n) is 8.65. The Bertz CT molecular complexity index is 838. The van der Waals surface area contributed by atoms with Gasteiger partial charge in [-0.25, -0.2) is 4.79 Å². The molecule has 0 aliphatic heterocycles. The Balaban J connectivity index is 1.57. The van der Waals surface area contributed by atoms with Crippen molar-refractivity contribution >= 4 is 17.6 Å². The summed E-state index contributed by atoms with van der Waals surface area (Å²) in [6.45, 7) is -3.54. The number of amides is 1. The Morgan fingerprint density at radius 3 is 2.56 bits per heavy atom. The summed E-state index contributed by atoms with van der Waals surface area (Å²) >= 11 is 0. The van der Waals surface area contributed by atoms with Crippen LogP contribution in [-0.2, 0) is 22.4 Å². The fourth-order valence-corrected chi connectivity index (χ4v) is 3.03. The highest BCUT2D eigenvalue weighted by Crippen LogP contribution is 2.25. The van der Waals surface area contributed by atoms with E-state index in [1.807, 2.05) is 6.07 Å². The standard InChI is InChI=1S/C20H19F2NO4/c21-20(22)27-17-8-4-3-7-16(17)23-18(24)12-26-19(25)15-10-9-13-5-1-2-6-14(13)11-15/h3-4,7-11,20H,1-2,5-6,12H2,(H,23,24). The largest absolute Gasteiger partial charge is 0.452 e. The Labute approximate surface area is 155 Å². The number of para-hydroxylation sites is 2. The van der Waals surface area contributed by atoms with Gasteiger partial charge >= 0.3 is 12.6 Å². The van der Waals surface area contributed by atoms with Gasteiger partial charge in [-0.15, -0.1) is 0 Å². The predicted octanol–water partition coefficient (Wildman–Crippen LogP) is 3.96. The molecule has 1 aliphatic rings. The van der Waals surface area contributed by atoms with Gasteiger partial charge in [-0.05, 0) is 61.1 Å². The molecule has 2 aromatic rings. The van der Waals surface area contributed by atoms with Gasteiger partial charge in [0.05, 0.1) is 11.3 Å². The molecule has 0 heterocycles. The second kappa shape index (κ2) is 8.62. The zero-order valence-electron chi connectivity index (χ0n) is 14.5. The lowest BCUT2D eigenvalue weighted by Gasteiger charge is -2.16. The molecule has 0 atom stereocenters. The van der Waals surface area contributed by atoms with Crippen LogP contribution in [0.4, 0.5) is 14.5 Å². The summed E-state index contributed by atoms with van der Waals surface area (Å²) in [5, 5.41) is 2.40. The van der Waals surface area contributed by atoms with Gasteiger partial charge in [0.2, 0.25) is 0 Å². The molecule has 0 bridgehead atoms. The quantitative estimate of drug-likeness (QED) is 0.776. The normalized spacial score (nSPS) is 13.0. The molecule has 0 saturated carbocycles. The molecule has 2 aromatic carbocycles. The number of alkyl halides is 2. The molecule has 3 rings (SSSR count). The summed E-state index contributed by atoms with van der Waals surface area (Å²) < 4.78 is 34.2. The summed E-state index contributed by atoms with van der Waals surface area (Å²) in [5.41, 5.74) is 2.85. The lowest BCUT2D eigenvalue weighted by molar-refractivity contribution is -0.119. The van der Waals surface area contributed by atoms with E-state index in [9.17, 15) is 18.4 Å². The van der Waals surface area contributed by atoms with E-state index < -0.39 is 25.1 Å². The van der Waals surface area contributed by atoms with Crippen LogP contribution in [0.3, 0.4) is 0 Å². The molecule has 0 aromatic heterocycles. The van der Waals surface area contributed by atoms with Gasteiger partial charge in [0.15, 0.2) is 6.61 Å². The fraction of sp³-hybridized carbons (Fsp3) is 0.300. The number of aryl methyl sites for hydroxylation is 2. The van der Waals surface area contributed by atoms with Crippen LogP contribution in [0.2, 0.25) is 0 Å². The number of halogens is 2. The van der Waals surface area contributed by atoms with Crippen molar-refractivity contribution in [3.05, 3.63) is 59.2 Å². The van der Waals surface area contributed by atoms with E-state index in [4.69, 9.17) is 4.74 Å². The number of benzene rings is 2. The van der Waals surface area contributed by atoms with Crippen LogP contribution in [0, 0.1) is 0 Å². The van der Waals surface area contributed by atoms with Crippen LogP contribution >= 0.6 is 0 Å². The van der Waals surface area contributed by atoms with E-state index in [1.54, 1.807) is 18.2 Å². The number of carbonyl (C=O) groups excluding carboxylic acids is 2. The summed E-state index contributed by atoms with van der Waals surface area (Å²) in [6.07, 6.45) is 4.17. The van der Waals surface area contributed by atoms with E-state index in [1.165, 1.54) is 23.8 Å². The van der Waals surface area contributed by atoms with Crippen molar-refractivity contribution in [3.8, 4) is 5.75 Å². The molecule has 0 fully saturated rings. The van der Waals surface area contributed by atoms with E-state index >= 15 is 0 Å². The Morgan fingerprint density at radius 1 is 1.04 bits per heavy atom. The van der Waals surface area contributed by atoms with Gasteiger partial charge in [0, 0.05) is 0 Å². The monoisotopic (exact) mass is 375 g/mol. The summed E-state index contributed by atoms with van der Waals surface area (Å²) in [4.78, 5) is 24.2. The molecule has 1 aliphatic carbocycles. The van der Waals surface area contributed by atoms with E-state index in [0.29, 0.717) is 5.56 Å².